The summed E-state index contributed by atoms with van der Waals surface area (Å²) < 4.78 is 18.5. The van der Waals surface area contributed by atoms with Gasteiger partial charge in [-0.05, 0) is 36.2 Å². The maximum absolute atomic E-state index is 13.2. The fourth-order valence-corrected chi connectivity index (χ4v) is 4.08. The lowest BCUT2D eigenvalue weighted by Crippen LogP contribution is -2.31. The topological polar surface area (TPSA) is 54.3 Å². The number of hydrogen-bond acceptors (Lipinski definition) is 5. The lowest BCUT2D eigenvalue weighted by Gasteiger charge is -2.15. The molecule has 2 aromatic carbocycles. The Morgan fingerprint density at radius 2 is 1.96 bits per heavy atom. The lowest BCUT2D eigenvalue weighted by molar-refractivity contribution is -0.126. The Bertz CT molecular complexity index is 883. The zero-order valence-electron chi connectivity index (χ0n) is 15.8. The van der Waals surface area contributed by atoms with Crippen LogP contribution in [0.1, 0.15) is 30.9 Å². The van der Waals surface area contributed by atoms with E-state index in [1.807, 2.05) is 31.2 Å². The molecule has 1 fully saturated rings. The third-order valence-corrected chi connectivity index (χ3v) is 5.54. The van der Waals surface area contributed by atoms with Crippen molar-refractivity contribution in [2.75, 3.05) is 7.11 Å². The molecular weight excluding hydrogens is 377 g/mol. The van der Waals surface area contributed by atoms with Crippen LogP contribution in [0.15, 0.2) is 58.7 Å². The van der Waals surface area contributed by atoms with Crippen molar-refractivity contribution in [1.82, 2.24) is 4.90 Å². The first-order chi connectivity index (χ1) is 13.6. The molecule has 1 heterocycles. The molecule has 0 aromatic heterocycles. The Kier molecular flexibility index (Phi) is 6.81. The Labute approximate surface area is 168 Å². The van der Waals surface area contributed by atoms with Gasteiger partial charge < -0.3 is 4.74 Å². The van der Waals surface area contributed by atoms with Crippen LogP contribution in [-0.2, 0) is 11.3 Å². The maximum atomic E-state index is 13.2. The number of amides is 1. The van der Waals surface area contributed by atoms with E-state index in [1.54, 1.807) is 30.4 Å². The van der Waals surface area contributed by atoms with Crippen LogP contribution in [-0.4, -0.2) is 34.5 Å². The molecule has 1 aliphatic rings. The zero-order valence-corrected chi connectivity index (χ0v) is 16.7. The van der Waals surface area contributed by atoms with Gasteiger partial charge in [0.2, 0.25) is 5.91 Å². The van der Waals surface area contributed by atoms with Crippen molar-refractivity contribution in [3.8, 4) is 5.75 Å². The molecule has 1 saturated heterocycles. The lowest BCUT2D eigenvalue weighted by atomic mass is 10.2. The summed E-state index contributed by atoms with van der Waals surface area (Å²) in [7, 11) is 1.60. The van der Waals surface area contributed by atoms with Gasteiger partial charge in [-0.2, -0.15) is 5.10 Å². The van der Waals surface area contributed by atoms with E-state index in [0.29, 0.717) is 17.5 Å². The molecule has 0 bridgehead atoms. The van der Waals surface area contributed by atoms with Crippen molar-refractivity contribution in [2.24, 2.45) is 10.2 Å². The van der Waals surface area contributed by atoms with Gasteiger partial charge in [0.25, 0.3) is 0 Å². The van der Waals surface area contributed by atoms with Gasteiger partial charge in [0.05, 0.1) is 25.1 Å². The molecule has 1 aliphatic heterocycles. The highest BCUT2D eigenvalue weighted by Crippen LogP contribution is 2.31. The number of benzene rings is 2. The van der Waals surface area contributed by atoms with Gasteiger partial charge >= 0.3 is 0 Å². The smallest absolute Gasteiger partial charge is 0.242 e. The molecule has 5 nitrogen and oxygen atoms in total. The molecule has 146 valence electrons. The minimum atomic E-state index is -0.301. The molecule has 0 aliphatic carbocycles. The number of halogens is 1. The number of carbonyl (C=O) groups excluding carboxylic acids is 1. The summed E-state index contributed by atoms with van der Waals surface area (Å²) in [5.74, 6) is 0.418. The fraction of sp³-hybridized carbons (Fsp3) is 0.286. The number of amidine groups is 1. The van der Waals surface area contributed by atoms with Gasteiger partial charge in [0.15, 0.2) is 5.17 Å². The first-order valence-electron chi connectivity index (χ1n) is 9.09. The summed E-state index contributed by atoms with van der Waals surface area (Å²) in [5.41, 5.74) is 1.65. The van der Waals surface area contributed by atoms with Crippen LogP contribution in [0.4, 0.5) is 4.39 Å². The maximum Gasteiger partial charge on any atom is 0.242 e. The van der Waals surface area contributed by atoms with E-state index in [1.165, 1.54) is 23.9 Å². The summed E-state index contributed by atoms with van der Waals surface area (Å²) in [4.78, 5) is 14.4. The molecular formula is C21H22FN3O2S. The molecule has 1 atom stereocenters. The number of methoxy groups -OCH3 is 1. The standard InChI is InChI=1S/C21H22FN3O2S/c1-3-6-19-20(26)25(14-15-9-11-17(22)12-10-15)21(28-19)24-23-13-16-7-4-5-8-18(16)27-2/h4-5,7-13,19H,3,6,14H2,1-2H3/b23-13-,24-21+/t19-/m0/s1. The Morgan fingerprint density at radius 3 is 2.68 bits per heavy atom. The summed E-state index contributed by atoms with van der Waals surface area (Å²) in [6, 6.07) is 13.6. The Balaban J connectivity index is 1.82. The van der Waals surface area contributed by atoms with E-state index in [0.717, 1.165) is 24.0 Å². The number of ether oxygens (including phenoxy) is 1. The predicted octanol–water partition coefficient (Wildman–Crippen LogP) is 4.47. The van der Waals surface area contributed by atoms with Crippen LogP contribution in [0.2, 0.25) is 0 Å². The number of carbonyl (C=O) groups is 1. The first-order valence-corrected chi connectivity index (χ1v) is 9.97. The molecule has 0 N–H and O–H groups in total. The molecule has 1 amide bonds. The first kappa shape index (κ1) is 20.1. The molecule has 3 rings (SSSR count). The van der Waals surface area contributed by atoms with Crippen molar-refractivity contribution in [3.63, 3.8) is 0 Å². The van der Waals surface area contributed by atoms with E-state index in [9.17, 15) is 9.18 Å². The second-order valence-corrected chi connectivity index (χ2v) is 7.48. The highest BCUT2D eigenvalue weighted by molar-refractivity contribution is 8.15. The Morgan fingerprint density at radius 1 is 1.21 bits per heavy atom. The van der Waals surface area contributed by atoms with Crippen LogP contribution in [0, 0.1) is 5.82 Å². The summed E-state index contributed by atoms with van der Waals surface area (Å²) in [6.07, 6.45) is 3.30. The van der Waals surface area contributed by atoms with E-state index < -0.39 is 0 Å². The highest BCUT2D eigenvalue weighted by Gasteiger charge is 2.37. The third-order valence-electron chi connectivity index (χ3n) is 4.30. The number of thioether (sulfide) groups is 1. The average Bonchev–Trinajstić information content (AvgIpc) is 2.99. The molecule has 0 saturated carbocycles. The van der Waals surface area contributed by atoms with E-state index >= 15 is 0 Å². The molecule has 2 aromatic rings. The van der Waals surface area contributed by atoms with Crippen LogP contribution in [0.5, 0.6) is 5.75 Å². The quantitative estimate of drug-likeness (QED) is 0.510. The van der Waals surface area contributed by atoms with Crippen molar-refractivity contribution in [3.05, 3.63) is 65.5 Å². The SMILES string of the molecule is CCC[C@@H]1S/C(=N/N=C\c2ccccc2OC)N(Cc2ccc(F)cc2)C1=O. The van der Waals surface area contributed by atoms with E-state index in [2.05, 4.69) is 10.2 Å². The fourth-order valence-electron chi connectivity index (χ4n) is 2.86. The van der Waals surface area contributed by atoms with Crippen molar-refractivity contribution < 1.29 is 13.9 Å². The van der Waals surface area contributed by atoms with E-state index in [-0.39, 0.29) is 17.0 Å². The van der Waals surface area contributed by atoms with Gasteiger partial charge in [0.1, 0.15) is 11.6 Å². The minimum absolute atomic E-state index is 0.0161. The van der Waals surface area contributed by atoms with Gasteiger partial charge in [-0.15, -0.1) is 5.10 Å². The van der Waals surface area contributed by atoms with Crippen molar-refractivity contribution in [1.29, 1.82) is 0 Å². The second-order valence-electron chi connectivity index (χ2n) is 6.32. The zero-order chi connectivity index (χ0) is 19.9. The monoisotopic (exact) mass is 399 g/mol. The van der Waals surface area contributed by atoms with Gasteiger partial charge in [-0.1, -0.05) is 49.4 Å². The minimum Gasteiger partial charge on any atom is -0.496 e. The molecule has 28 heavy (non-hydrogen) atoms. The van der Waals surface area contributed by atoms with Crippen LogP contribution in [0.25, 0.3) is 0 Å². The van der Waals surface area contributed by atoms with E-state index in [4.69, 9.17) is 4.74 Å². The van der Waals surface area contributed by atoms with Crippen LogP contribution < -0.4 is 4.74 Å². The predicted molar refractivity (Wildman–Crippen MR) is 111 cm³/mol. The average molecular weight is 399 g/mol. The largest absolute Gasteiger partial charge is 0.496 e. The summed E-state index contributed by atoms with van der Waals surface area (Å²) >= 11 is 1.43. The van der Waals surface area contributed by atoms with Crippen molar-refractivity contribution in [2.45, 2.75) is 31.6 Å². The number of hydrogen-bond donors (Lipinski definition) is 0. The molecule has 0 radical (unpaired) electrons. The number of rotatable bonds is 7. The van der Waals surface area contributed by atoms with Crippen molar-refractivity contribution >= 4 is 29.1 Å². The summed E-state index contributed by atoms with van der Waals surface area (Å²) in [5, 5.41) is 8.87. The Hall–Kier alpha value is -2.67. The van der Waals surface area contributed by atoms with Crippen LogP contribution in [0.3, 0.4) is 0 Å². The molecule has 7 heteroatoms. The second kappa shape index (κ2) is 9.50. The van der Waals surface area contributed by atoms with Gasteiger partial charge in [-0.25, -0.2) is 4.39 Å². The highest BCUT2D eigenvalue weighted by atomic mass is 32.2. The summed E-state index contributed by atoms with van der Waals surface area (Å²) in [6.45, 7) is 2.39. The van der Waals surface area contributed by atoms with Gasteiger partial charge in [-0.3, -0.25) is 9.69 Å². The third kappa shape index (κ3) is 4.78. The van der Waals surface area contributed by atoms with Gasteiger partial charge in [0, 0.05) is 5.56 Å². The van der Waals surface area contributed by atoms with Crippen LogP contribution >= 0.6 is 11.8 Å². The molecule has 0 unspecified atom stereocenters. The molecule has 0 spiro atoms. The normalized spacial score (nSPS) is 18.4. The number of nitrogens with zero attached hydrogens (tertiary/aromatic N) is 3. The number of para-hydroxylation sites is 1.